The molecule has 2 atom stereocenters. The van der Waals surface area contributed by atoms with Crippen LogP contribution in [0.3, 0.4) is 0 Å². The van der Waals surface area contributed by atoms with Gasteiger partial charge in [-0.2, -0.15) is 0 Å². The molecule has 0 aliphatic carbocycles. The van der Waals surface area contributed by atoms with E-state index in [1.165, 1.54) is 218 Å². The Kier molecular flexibility index (Phi) is 57.5. The first-order valence-electron chi connectivity index (χ1n) is 30.9. The van der Waals surface area contributed by atoms with Gasteiger partial charge in [-0.15, -0.1) is 0 Å². The first-order chi connectivity index (χ1) is 34.5. The first kappa shape index (κ1) is 67.8. The first-order valence-corrected chi connectivity index (χ1v) is 30.9. The number of carbonyl (C=O) groups excluding carboxylic acids is 2. The molecule has 0 aliphatic heterocycles. The summed E-state index contributed by atoms with van der Waals surface area (Å²) in [5.74, 6) is -0.0997. The topological polar surface area (TPSA) is 95.9 Å². The normalized spacial score (nSPS) is 12.9. The minimum atomic E-state index is -0.853. The van der Waals surface area contributed by atoms with E-state index < -0.39 is 12.1 Å². The summed E-state index contributed by atoms with van der Waals surface area (Å²) in [5, 5.41) is 23.2. The molecular weight excluding hydrogens is 863 g/mol. The molecule has 6 heteroatoms. The molecule has 0 heterocycles. The lowest BCUT2D eigenvalue weighted by Gasteiger charge is -2.20. The van der Waals surface area contributed by atoms with Gasteiger partial charge in [-0.3, -0.25) is 9.59 Å². The molecule has 0 aromatic heterocycles. The van der Waals surface area contributed by atoms with Gasteiger partial charge in [-0.1, -0.05) is 268 Å². The van der Waals surface area contributed by atoms with E-state index in [-0.39, 0.29) is 18.5 Å². The van der Waals surface area contributed by atoms with Gasteiger partial charge in [0.25, 0.3) is 0 Å². The van der Waals surface area contributed by atoms with Gasteiger partial charge in [0.2, 0.25) is 5.91 Å². The Balaban J connectivity index is 3.52. The molecule has 0 fully saturated rings. The van der Waals surface area contributed by atoms with Crippen molar-refractivity contribution in [3.63, 3.8) is 0 Å². The second-order valence-corrected chi connectivity index (χ2v) is 21.1. The van der Waals surface area contributed by atoms with Gasteiger partial charge in [0.1, 0.15) is 0 Å². The molecule has 0 saturated carbocycles. The molecule has 1 amide bonds. The van der Waals surface area contributed by atoms with Gasteiger partial charge in [0.15, 0.2) is 0 Å². The van der Waals surface area contributed by atoms with Crippen molar-refractivity contribution >= 4 is 11.9 Å². The lowest BCUT2D eigenvalue weighted by Crippen LogP contribution is -2.45. The Morgan fingerprint density at radius 3 is 1.11 bits per heavy atom. The predicted octanol–water partition coefficient (Wildman–Crippen LogP) is 19.4. The number of amides is 1. The van der Waals surface area contributed by atoms with Crippen molar-refractivity contribution in [3.8, 4) is 0 Å². The van der Waals surface area contributed by atoms with E-state index in [1.54, 1.807) is 6.08 Å². The number of unbranched alkanes of at least 4 members (excludes halogenated alkanes) is 41. The molecule has 70 heavy (non-hydrogen) atoms. The fraction of sp³-hybridized carbons (Fsp3) is 0.844. The minimum Gasteiger partial charge on any atom is -0.466 e. The van der Waals surface area contributed by atoms with E-state index in [9.17, 15) is 19.8 Å². The van der Waals surface area contributed by atoms with Gasteiger partial charge < -0.3 is 20.3 Å². The number of hydrogen-bond acceptors (Lipinski definition) is 5. The maximum atomic E-state index is 12.5. The smallest absolute Gasteiger partial charge is 0.305 e. The highest BCUT2D eigenvalue weighted by atomic mass is 16.5. The Morgan fingerprint density at radius 1 is 0.400 bits per heavy atom. The summed E-state index contributed by atoms with van der Waals surface area (Å²) in [7, 11) is 0. The molecule has 6 nitrogen and oxygen atoms in total. The van der Waals surface area contributed by atoms with E-state index in [4.69, 9.17) is 4.74 Å². The van der Waals surface area contributed by atoms with Crippen molar-refractivity contribution in [1.29, 1.82) is 0 Å². The lowest BCUT2D eigenvalue weighted by atomic mass is 10.0. The SMILES string of the molecule is CCCCCC/C=C\CCCCCCCC(=O)OCCCCC/C=C\C=C/CCCCCCCCCCCCC(=O)NC(CO)C(O)/C=C/CCCCCCCCCCCCCCCCCCCCC. The van der Waals surface area contributed by atoms with Crippen molar-refractivity contribution in [3.05, 3.63) is 48.6 Å². The van der Waals surface area contributed by atoms with E-state index in [0.717, 1.165) is 77.0 Å². The third-order valence-corrected chi connectivity index (χ3v) is 14.1. The summed E-state index contributed by atoms with van der Waals surface area (Å²) in [4.78, 5) is 24.5. The van der Waals surface area contributed by atoms with Crippen LogP contribution in [0.1, 0.15) is 322 Å². The highest BCUT2D eigenvalue weighted by Crippen LogP contribution is 2.17. The summed E-state index contributed by atoms with van der Waals surface area (Å²) >= 11 is 0. The number of nitrogens with one attached hydrogen (secondary N) is 1. The van der Waals surface area contributed by atoms with E-state index in [0.29, 0.717) is 19.4 Å². The maximum Gasteiger partial charge on any atom is 0.305 e. The van der Waals surface area contributed by atoms with Crippen LogP contribution in [0.25, 0.3) is 0 Å². The van der Waals surface area contributed by atoms with Crippen molar-refractivity contribution in [2.45, 2.75) is 334 Å². The lowest BCUT2D eigenvalue weighted by molar-refractivity contribution is -0.143. The third kappa shape index (κ3) is 55.1. The Morgan fingerprint density at radius 2 is 0.714 bits per heavy atom. The second-order valence-electron chi connectivity index (χ2n) is 21.1. The zero-order valence-corrected chi connectivity index (χ0v) is 46.7. The van der Waals surface area contributed by atoms with Crippen molar-refractivity contribution in [1.82, 2.24) is 5.32 Å². The summed E-state index contributed by atoms with van der Waals surface area (Å²) in [6, 6.07) is -0.637. The molecule has 0 spiro atoms. The van der Waals surface area contributed by atoms with Crippen LogP contribution in [0.5, 0.6) is 0 Å². The molecule has 0 aromatic carbocycles. The quantitative estimate of drug-likeness (QED) is 0.0244. The summed E-state index contributed by atoms with van der Waals surface area (Å²) < 4.78 is 5.44. The molecule has 0 aliphatic rings. The highest BCUT2D eigenvalue weighted by molar-refractivity contribution is 5.76. The number of ether oxygens (including phenoxy) is 1. The maximum absolute atomic E-state index is 12.5. The molecule has 0 aromatic rings. The van der Waals surface area contributed by atoms with Crippen LogP contribution in [0.15, 0.2) is 48.6 Å². The van der Waals surface area contributed by atoms with Crippen LogP contribution < -0.4 is 5.32 Å². The molecule has 410 valence electrons. The van der Waals surface area contributed by atoms with Crippen LogP contribution in [-0.4, -0.2) is 47.4 Å². The monoisotopic (exact) mass is 982 g/mol. The zero-order chi connectivity index (χ0) is 50.7. The third-order valence-electron chi connectivity index (χ3n) is 14.1. The largest absolute Gasteiger partial charge is 0.466 e. The number of hydrogen-bond donors (Lipinski definition) is 3. The molecule has 2 unspecified atom stereocenters. The Labute approximate surface area is 436 Å². The van der Waals surface area contributed by atoms with Crippen LogP contribution >= 0.6 is 0 Å². The number of esters is 1. The summed E-state index contributed by atoms with van der Waals surface area (Å²) in [6.45, 7) is 4.86. The zero-order valence-electron chi connectivity index (χ0n) is 46.7. The standard InChI is InChI=1S/C64H119NO5/c1-3-5-7-9-11-13-15-17-18-19-20-21-23-26-29-33-36-40-44-48-52-56-62(67)61(60-66)65-63(68)57-53-49-45-41-37-34-30-27-24-22-25-28-31-35-39-43-47-51-55-59-70-64(69)58-54-50-46-42-38-32-16-14-12-10-8-6-4-2/h14,16,28,31,35,39,52,56,61-62,66-67H,3-13,15,17-27,29-30,32-34,36-38,40-51,53-55,57-60H2,1-2H3,(H,65,68)/b16-14-,31-28-,39-35-,56-52+. The fourth-order valence-electron chi connectivity index (χ4n) is 9.33. The second kappa shape index (κ2) is 59.4. The average molecular weight is 983 g/mol. The van der Waals surface area contributed by atoms with Gasteiger partial charge in [0.05, 0.1) is 25.4 Å². The Hall–Kier alpha value is -2.18. The number of aliphatic hydroxyl groups excluding tert-OH is 2. The molecule has 3 N–H and O–H groups in total. The van der Waals surface area contributed by atoms with E-state index in [2.05, 4.69) is 55.6 Å². The van der Waals surface area contributed by atoms with Crippen molar-refractivity contribution in [2.75, 3.05) is 13.2 Å². The molecule has 0 radical (unpaired) electrons. The van der Waals surface area contributed by atoms with Gasteiger partial charge in [0, 0.05) is 12.8 Å². The van der Waals surface area contributed by atoms with Crippen LogP contribution in [0.2, 0.25) is 0 Å². The number of carbonyl (C=O) groups is 2. The average Bonchev–Trinajstić information content (AvgIpc) is 3.36. The molecule has 0 saturated heterocycles. The van der Waals surface area contributed by atoms with Crippen molar-refractivity contribution < 1.29 is 24.5 Å². The molecule has 0 rings (SSSR count). The number of aliphatic hydroxyl groups is 2. The van der Waals surface area contributed by atoms with Gasteiger partial charge in [-0.05, 0) is 89.9 Å². The van der Waals surface area contributed by atoms with Crippen LogP contribution in [-0.2, 0) is 14.3 Å². The van der Waals surface area contributed by atoms with E-state index >= 15 is 0 Å². The summed E-state index contributed by atoms with van der Waals surface area (Å²) in [5.41, 5.74) is 0. The summed E-state index contributed by atoms with van der Waals surface area (Å²) in [6.07, 6.45) is 75.7. The number of allylic oxidation sites excluding steroid dienone is 7. The minimum absolute atomic E-state index is 0.0235. The van der Waals surface area contributed by atoms with Crippen LogP contribution in [0, 0.1) is 0 Å². The van der Waals surface area contributed by atoms with Gasteiger partial charge in [-0.25, -0.2) is 0 Å². The number of rotatable bonds is 57. The Bertz CT molecular complexity index is 1180. The fourth-order valence-corrected chi connectivity index (χ4v) is 9.33. The van der Waals surface area contributed by atoms with E-state index in [1.807, 2.05) is 6.08 Å². The van der Waals surface area contributed by atoms with Gasteiger partial charge >= 0.3 is 5.97 Å². The highest BCUT2D eigenvalue weighted by Gasteiger charge is 2.18. The van der Waals surface area contributed by atoms with Crippen LogP contribution in [0.4, 0.5) is 0 Å². The molecule has 0 bridgehead atoms. The molecular formula is C64H119NO5. The predicted molar refractivity (Wildman–Crippen MR) is 306 cm³/mol. The van der Waals surface area contributed by atoms with Crippen molar-refractivity contribution in [2.24, 2.45) is 0 Å².